The molecular formula is C13H16N4O2. The Morgan fingerprint density at radius 3 is 2.84 bits per heavy atom. The van der Waals surface area contributed by atoms with E-state index >= 15 is 0 Å². The van der Waals surface area contributed by atoms with Gasteiger partial charge in [-0.05, 0) is 19.4 Å². The normalized spacial score (nSPS) is 10.5. The van der Waals surface area contributed by atoms with Gasteiger partial charge in [0.1, 0.15) is 5.56 Å². The summed E-state index contributed by atoms with van der Waals surface area (Å²) in [6, 6.07) is 1.72. The van der Waals surface area contributed by atoms with Crippen molar-refractivity contribution in [1.29, 1.82) is 0 Å². The minimum Gasteiger partial charge on any atom is -0.478 e. The van der Waals surface area contributed by atoms with Gasteiger partial charge in [-0.1, -0.05) is 6.92 Å². The molecule has 100 valence electrons. The van der Waals surface area contributed by atoms with Crippen molar-refractivity contribution in [3.8, 4) is 0 Å². The molecule has 0 bridgehead atoms. The van der Waals surface area contributed by atoms with Gasteiger partial charge in [-0.15, -0.1) is 0 Å². The van der Waals surface area contributed by atoms with Gasteiger partial charge in [-0.3, -0.25) is 9.67 Å². The molecule has 0 unspecified atom stereocenters. The summed E-state index contributed by atoms with van der Waals surface area (Å²) in [6.07, 6.45) is 3.97. The summed E-state index contributed by atoms with van der Waals surface area (Å²) in [4.78, 5) is 15.2. The van der Waals surface area contributed by atoms with E-state index in [0.717, 1.165) is 23.5 Å². The number of hydrogen-bond acceptors (Lipinski definition) is 4. The highest BCUT2D eigenvalue weighted by molar-refractivity contribution is 5.94. The summed E-state index contributed by atoms with van der Waals surface area (Å²) in [5.41, 5.74) is 3.15. The molecule has 0 spiro atoms. The molecule has 0 aliphatic carbocycles. The number of aryl methyl sites for hydroxylation is 3. The van der Waals surface area contributed by atoms with Crippen molar-refractivity contribution in [2.24, 2.45) is 7.05 Å². The van der Waals surface area contributed by atoms with Crippen molar-refractivity contribution < 1.29 is 9.90 Å². The number of carboxylic acids is 1. The molecule has 0 aromatic carbocycles. The van der Waals surface area contributed by atoms with Gasteiger partial charge >= 0.3 is 5.97 Å². The van der Waals surface area contributed by atoms with Crippen LogP contribution >= 0.6 is 0 Å². The van der Waals surface area contributed by atoms with Gasteiger partial charge in [0.15, 0.2) is 0 Å². The predicted molar refractivity (Wildman–Crippen MR) is 71.8 cm³/mol. The molecule has 2 heterocycles. The number of aromatic nitrogens is 3. The van der Waals surface area contributed by atoms with E-state index in [1.54, 1.807) is 10.7 Å². The molecule has 0 atom stereocenters. The van der Waals surface area contributed by atoms with Gasteiger partial charge in [0.25, 0.3) is 0 Å². The lowest BCUT2D eigenvalue weighted by Gasteiger charge is -2.09. The van der Waals surface area contributed by atoms with Crippen LogP contribution in [-0.2, 0) is 13.5 Å². The maximum atomic E-state index is 11.2. The summed E-state index contributed by atoms with van der Waals surface area (Å²) >= 11 is 0. The lowest BCUT2D eigenvalue weighted by Crippen LogP contribution is -2.05. The number of nitrogens with zero attached hydrogens (tertiary/aromatic N) is 3. The van der Waals surface area contributed by atoms with Crippen LogP contribution in [0.5, 0.6) is 0 Å². The number of anilines is 2. The van der Waals surface area contributed by atoms with E-state index in [2.05, 4.69) is 15.4 Å². The molecule has 2 aromatic rings. The third-order valence-electron chi connectivity index (χ3n) is 2.78. The number of carboxylic acid groups (broad SMARTS) is 1. The SMILES string of the molecule is CCc1nn(C)cc1Nc1cc(C)ncc1C(=O)O. The molecule has 2 N–H and O–H groups in total. The van der Waals surface area contributed by atoms with E-state index in [-0.39, 0.29) is 5.56 Å². The van der Waals surface area contributed by atoms with Crippen LogP contribution < -0.4 is 5.32 Å². The molecule has 0 amide bonds. The lowest BCUT2D eigenvalue weighted by molar-refractivity contribution is 0.0697. The standard InChI is InChI=1S/C13H16N4O2/c1-4-10-12(7-17(3)16-10)15-11-5-8(2)14-6-9(11)13(18)19/h5-7H,4H2,1-3H3,(H,14,15)(H,18,19). The Balaban J connectivity index is 2.42. The summed E-state index contributed by atoms with van der Waals surface area (Å²) in [5, 5.41) is 16.6. The Kier molecular flexibility index (Phi) is 3.50. The van der Waals surface area contributed by atoms with Gasteiger partial charge in [0.2, 0.25) is 0 Å². The zero-order chi connectivity index (χ0) is 14.0. The summed E-state index contributed by atoms with van der Waals surface area (Å²) < 4.78 is 1.70. The van der Waals surface area contributed by atoms with Gasteiger partial charge in [0, 0.05) is 25.1 Å². The second-order valence-corrected chi connectivity index (χ2v) is 4.32. The number of pyridine rings is 1. The third-order valence-corrected chi connectivity index (χ3v) is 2.78. The van der Waals surface area contributed by atoms with Crippen LogP contribution in [0.1, 0.15) is 28.7 Å². The smallest absolute Gasteiger partial charge is 0.339 e. The van der Waals surface area contributed by atoms with Gasteiger partial charge in [0.05, 0.1) is 17.1 Å². The van der Waals surface area contributed by atoms with E-state index in [1.807, 2.05) is 27.1 Å². The Labute approximate surface area is 111 Å². The molecule has 2 rings (SSSR count). The maximum Gasteiger partial charge on any atom is 0.339 e. The number of carbonyl (C=O) groups is 1. The van der Waals surface area contributed by atoms with E-state index in [0.29, 0.717) is 5.69 Å². The van der Waals surface area contributed by atoms with Gasteiger partial charge < -0.3 is 10.4 Å². The van der Waals surface area contributed by atoms with Crippen LogP contribution in [0.15, 0.2) is 18.5 Å². The summed E-state index contributed by atoms with van der Waals surface area (Å²) in [6.45, 7) is 3.82. The molecule has 0 radical (unpaired) electrons. The third kappa shape index (κ3) is 2.73. The van der Waals surface area contributed by atoms with E-state index in [9.17, 15) is 4.79 Å². The molecule has 0 saturated carbocycles. The van der Waals surface area contributed by atoms with Crippen LogP contribution in [0.4, 0.5) is 11.4 Å². The molecule has 0 aliphatic heterocycles. The number of hydrogen-bond donors (Lipinski definition) is 2. The zero-order valence-electron chi connectivity index (χ0n) is 11.1. The van der Waals surface area contributed by atoms with E-state index in [1.165, 1.54) is 6.20 Å². The first-order valence-electron chi connectivity index (χ1n) is 6.00. The highest BCUT2D eigenvalue weighted by Gasteiger charge is 2.13. The first kappa shape index (κ1) is 13.1. The Morgan fingerprint density at radius 1 is 1.47 bits per heavy atom. The van der Waals surface area contributed by atoms with Crippen molar-refractivity contribution in [1.82, 2.24) is 14.8 Å². The summed E-state index contributed by atoms with van der Waals surface area (Å²) in [5.74, 6) is -1.00. The average Bonchev–Trinajstić information content (AvgIpc) is 2.69. The largest absolute Gasteiger partial charge is 0.478 e. The Hall–Kier alpha value is -2.37. The number of rotatable bonds is 4. The number of aromatic carboxylic acids is 1. The molecule has 6 heteroatoms. The van der Waals surface area contributed by atoms with Gasteiger partial charge in [-0.25, -0.2) is 4.79 Å². The molecule has 2 aromatic heterocycles. The molecule has 0 fully saturated rings. The quantitative estimate of drug-likeness (QED) is 0.880. The second-order valence-electron chi connectivity index (χ2n) is 4.32. The van der Waals surface area contributed by atoms with Crippen molar-refractivity contribution in [3.63, 3.8) is 0 Å². The fourth-order valence-corrected chi connectivity index (χ4v) is 1.88. The van der Waals surface area contributed by atoms with Crippen molar-refractivity contribution in [2.45, 2.75) is 20.3 Å². The monoisotopic (exact) mass is 260 g/mol. The Morgan fingerprint density at radius 2 is 2.21 bits per heavy atom. The average molecular weight is 260 g/mol. The minimum atomic E-state index is -1.00. The van der Waals surface area contributed by atoms with Crippen LogP contribution in [0.2, 0.25) is 0 Å². The second kappa shape index (κ2) is 5.09. The fraction of sp³-hybridized carbons (Fsp3) is 0.308. The van der Waals surface area contributed by atoms with Crippen molar-refractivity contribution in [2.75, 3.05) is 5.32 Å². The Bertz CT molecular complexity index is 619. The van der Waals surface area contributed by atoms with Crippen LogP contribution in [-0.4, -0.2) is 25.8 Å². The van der Waals surface area contributed by atoms with Crippen molar-refractivity contribution >= 4 is 17.3 Å². The first-order chi connectivity index (χ1) is 9.01. The summed E-state index contributed by atoms with van der Waals surface area (Å²) in [7, 11) is 1.83. The van der Waals surface area contributed by atoms with Crippen LogP contribution in [0.25, 0.3) is 0 Å². The minimum absolute atomic E-state index is 0.150. The van der Waals surface area contributed by atoms with E-state index < -0.39 is 5.97 Å². The maximum absolute atomic E-state index is 11.2. The highest BCUT2D eigenvalue weighted by Crippen LogP contribution is 2.23. The van der Waals surface area contributed by atoms with Crippen molar-refractivity contribution in [3.05, 3.63) is 35.4 Å². The molecule has 0 saturated heterocycles. The number of nitrogens with one attached hydrogen (secondary N) is 1. The fourth-order valence-electron chi connectivity index (χ4n) is 1.88. The topological polar surface area (TPSA) is 80.0 Å². The highest BCUT2D eigenvalue weighted by atomic mass is 16.4. The first-order valence-corrected chi connectivity index (χ1v) is 6.00. The molecule has 6 nitrogen and oxygen atoms in total. The van der Waals surface area contributed by atoms with Gasteiger partial charge in [-0.2, -0.15) is 5.10 Å². The van der Waals surface area contributed by atoms with Crippen LogP contribution in [0.3, 0.4) is 0 Å². The predicted octanol–water partition coefficient (Wildman–Crippen LogP) is 2.13. The molecule has 0 aliphatic rings. The zero-order valence-corrected chi connectivity index (χ0v) is 11.1. The lowest BCUT2D eigenvalue weighted by atomic mass is 10.2. The molecule has 19 heavy (non-hydrogen) atoms. The van der Waals surface area contributed by atoms with E-state index in [4.69, 9.17) is 5.11 Å². The molecular weight excluding hydrogens is 244 g/mol. The van der Waals surface area contributed by atoms with Crippen LogP contribution in [0, 0.1) is 6.92 Å².